The molecule has 0 aromatic carbocycles. The van der Waals surface area contributed by atoms with Gasteiger partial charge in [0.05, 0.1) is 24.9 Å². The fraction of sp³-hybridized carbons (Fsp3) is 0.462. The molecule has 0 bridgehead atoms. The lowest BCUT2D eigenvalue weighted by Crippen LogP contribution is -2.27. The number of aliphatic hydroxyl groups excluding tert-OH is 3. The summed E-state index contributed by atoms with van der Waals surface area (Å²) in [4.78, 5) is 21.0. The van der Waals surface area contributed by atoms with Gasteiger partial charge in [-0.2, -0.15) is 0 Å². The summed E-state index contributed by atoms with van der Waals surface area (Å²) in [6.45, 7) is 7.21. The Hall–Kier alpha value is -3.26. The topological polar surface area (TPSA) is 145 Å². The van der Waals surface area contributed by atoms with Crippen molar-refractivity contribution in [1.82, 2.24) is 0 Å². The van der Waals surface area contributed by atoms with Gasteiger partial charge >= 0.3 is 11.9 Å². The molecule has 8 nitrogen and oxygen atoms in total. The number of methoxy groups -OCH3 is 1. The summed E-state index contributed by atoms with van der Waals surface area (Å²) in [6, 6.07) is 0. The van der Waals surface area contributed by atoms with Crippen LogP contribution in [-0.2, 0) is 14.3 Å². The quantitative estimate of drug-likeness (QED) is 0.198. The van der Waals surface area contributed by atoms with E-state index >= 15 is 0 Å². The normalized spacial score (nSPS) is 20.9. The Morgan fingerprint density at radius 3 is 2.26 bits per heavy atom. The average Bonchev–Trinajstić information content (AvgIpc) is 2.73. The lowest BCUT2D eigenvalue weighted by Gasteiger charge is -2.22. The molecule has 8 heteroatoms. The maximum absolute atomic E-state index is 10.5. The van der Waals surface area contributed by atoms with Crippen molar-refractivity contribution in [3.05, 3.63) is 70.5 Å². The molecule has 2 rings (SSSR count). The van der Waals surface area contributed by atoms with Crippen molar-refractivity contribution in [3.8, 4) is 0 Å². The number of carboxylic acid groups (broad SMARTS) is 1. The molecule has 0 radical (unpaired) electrons. The first kappa shape index (κ1) is 30.7. The highest BCUT2D eigenvalue weighted by atomic mass is 16.5. The Kier molecular flexibility index (Phi) is 14.1. The van der Waals surface area contributed by atoms with Gasteiger partial charge in [-0.05, 0) is 77.2 Å². The predicted molar refractivity (Wildman–Crippen MR) is 131 cm³/mol. The van der Waals surface area contributed by atoms with Gasteiger partial charge in [-0.3, -0.25) is 4.79 Å². The molecular formula is C26H38O8. The van der Waals surface area contributed by atoms with E-state index in [4.69, 9.17) is 20.4 Å². The van der Waals surface area contributed by atoms with Crippen LogP contribution in [0.4, 0.5) is 0 Å². The van der Waals surface area contributed by atoms with Gasteiger partial charge in [-0.25, -0.2) is 4.79 Å². The molecule has 0 amide bonds. The van der Waals surface area contributed by atoms with Crippen molar-refractivity contribution in [1.29, 1.82) is 0 Å². The molecule has 5 N–H and O–H groups in total. The summed E-state index contributed by atoms with van der Waals surface area (Å²) in [5.74, 6) is -1.93. The number of ether oxygens (including phenoxy) is 1. The van der Waals surface area contributed by atoms with Gasteiger partial charge in [0.25, 0.3) is 0 Å². The summed E-state index contributed by atoms with van der Waals surface area (Å²) in [5, 5.41) is 44.7. The van der Waals surface area contributed by atoms with Gasteiger partial charge < -0.3 is 30.3 Å². The Bertz CT molecular complexity index is 878. The molecule has 190 valence electrons. The number of hydrogen-bond donors (Lipinski definition) is 5. The van der Waals surface area contributed by atoms with Crippen LogP contribution in [0.2, 0.25) is 0 Å². The highest BCUT2D eigenvalue weighted by Gasteiger charge is 2.27. The first-order valence-electron chi connectivity index (χ1n) is 11.0. The molecule has 2 aliphatic rings. The molecule has 0 spiro atoms. The van der Waals surface area contributed by atoms with Crippen molar-refractivity contribution in [2.75, 3.05) is 7.11 Å². The first-order chi connectivity index (χ1) is 15.8. The van der Waals surface area contributed by atoms with Gasteiger partial charge in [0, 0.05) is 18.1 Å². The molecule has 0 aromatic rings. The molecule has 1 unspecified atom stereocenters. The zero-order valence-electron chi connectivity index (χ0n) is 20.7. The predicted octanol–water partition coefficient (Wildman–Crippen LogP) is 5.50. The second kappa shape index (κ2) is 15.6. The third kappa shape index (κ3) is 14.0. The van der Waals surface area contributed by atoms with Crippen LogP contribution < -0.4 is 0 Å². The number of carboxylic acids is 1. The summed E-state index contributed by atoms with van der Waals surface area (Å²) in [6.07, 6.45) is 14.6. The van der Waals surface area contributed by atoms with E-state index in [-0.39, 0.29) is 35.7 Å². The summed E-state index contributed by atoms with van der Waals surface area (Å²) < 4.78 is 4.33. The van der Waals surface area contributed by atoms with Gasteiger partial charge in [0.2, 0.25) is 0 Å². The minimum absolute atomic E-state index is 0.00782. The SMILES string of the molecule is C/C=C\C1=C(C)CCCC1.CC1(O)C=C(O)C=C(C(=O)O)C1.COC(=O)C/C=C(O)\C=C(/C)O. The molecule has 0 aliphatic heterocycles. The third-order valence-electron chi connectivity index (χ3n) is 4.83. The maximum Gasteiger partial charge on any atom is 0.331 e. The number of aliphatic carboxylic acids is 1. The number of aliphatic hydroxyl groups is 4. The Morgan fingerprint density at radius 2 is 1.79 bits per heavy atom. The summed E-state index contributed by atoms with van der Waals surface area (Å²) in [5.41, 5.74) is 1.94. The van der Waals surface area contributed by atoms with Gasteiger partial charge in [0.1, 0.15) is 11.5 Å². The van der Waals surface area contributed by atoms with E-state index in [0.717, 1.165) is 12.2 Å². The second-order valence-corrected chi connectivity index (χ2v) is 8.29. The number of carbonyl (C=O) groups excluding carboxylic acids is 1. The number of esters is 1. The zero-order chi connectivity index (χ0) is 26.3. The van der Waals surface area contributed by atoms with E-state index in [1.807, 2.05) is 0 Å². The second-order valence-electron chi connectivity index (χ2n) is 8.29. The smallest absolute Gasteiger partial charge is 0.331 e. The minimum atomic E-state index is -1.26. The van der Waals surface area contributed by atoms with Crippen molar-refractivity contribution in [3.63, 3.8) is 0 Å². The number of carbonyl (C=O) groups is 2. The fourth-order valence-corrected chi connectivity index (χ4v) is 3.21. The summed E-state index contributed by atoms with van der Waals surface area (Å²) >= 11 is 0. The van der Waals surface area contributed by atoms with Crippen LogP contribution in [0.25, 0.3) is 0 Å². The molecule has 0 heterocycles. The largest absolute Gasteiger partial charge is 0.512 e. The van der Waals surface area contributed by atoms with E-state index in [9.17, 15) is 14.7 Å². The van der Waals surface area contributed by atoms with Gasteiger partial charge in [-0.1, -0.05) is 17.7 Å². The number of allylic oxidation sites excluding steroid dienone is 7. The van der Waals surface area contributed by atoms with E-state index in [1.165, 1.54) is 58.8 Å². The molecule has 0 saturated heterocycles. The van der Waals surface area contributed by atoms with E-state index in [1.54, 1.807) is 11.1 Å². The standard InChI is InChI=1S/C10H16.C8H10O4.C8H12O4/c1-3-6-10-8-5-4-7-9(10)2;1-8(12)3-5(7(10)11)2-6(9)4-8;1-6(9)5-7(10)3-4-8(11)12-2/h3,6H,4-5,7-8H2,1-2H3;2,4,9,12H,3H2,1H3,(H,10,11);3,5,9-10H,4H2,1-2H3/b6-3-;;6-5+,7-3+. The third-order valence-corrected chi connectivity index (χ3v) is 4.83. The van der Waals surface area contributed by atoms with Crippen molar-refractivity contribution < 1.29 is 39.9 Å². The zero-order valence-corrected chi connectivity index (χ0v) is 20.7. The minimum Gasteiger partial charge on any atom is -0.512 e. The lowest BCUT2D eigenvalue weighted by atomic mass is 9.91. The maximum atomic E-state index is 10.5. The van der Waals surface area contributed by atoms with Crippen molar-refractivity contribution in [2.45, 2.75) is 71.8 Å². The van der Waals surface area contributed by atoms with Crippen LogP contribution in [0.3, 0.4) is 0 Å². The van der Waals surface area contributed by atoms with Crippen LogP contribution in [0.1, 0.15) is 66.2 Å². The Morgan fingerprint density at radius 1 is 1.18 bits per heavy atom. The Balaban J connectivity index is 0.000000482. The van der Waals surface area contributed by atoms with Gasteiger partial charge in [0.15, 0.2) is 0 Å². The van der Waals surface area contributed by atoms with Crippen LogP contribution in [-0.4, -0.2) is 50.2 Å². The molecule has 0 saturated carbocycles. The first-order valence-corrected chi connectivity index (χ1v) is 11.0. The van der Waals surface area contributed by atoms with E-state index in [0.29, 0.717) is 0 Å². The Labute approximate surface area is 201 Å². The molecule has 34 heavy (non-hydrogen) atoms. The highest BCUT2D eigenvalue weighted by molar-refractivity contribution is 5.87. The van der Waals surface area contributed by atoms with Crippen molar-refractivity contribution in [2.24, 2.45) is 0 Å². The highest BCUT2D eigenvalue weighted by Crippen LogP contribution is 2.25. The van der Waals surface area contributed by atoms with Gasteiger partial charge in [-0.15, -0.1) is 0 Å². The van der Waals surface area contributed by atoms with Crippen LogP contribution in [0.5, 0.6) is 0 Å². The number of rotatable bonds is 5. The molecule has 2 aliphatic carbocycles. The fourth-order valence-electron chi connectivity index (χ4n) is 3.21. The van der Waals surface area contributed by atoms with E-state index in [2.05, 4.69) is 30.7 Å². The van der Waals surface area contributed by atoms with Crippen molar-refractivity contribution >= 4 is 11.9 Å². The van der Waals surface area contributed by atoms with Crippen LogP contribution >= 0.6 is 0 Å². The molecule has 1 atom stereocenters. The summed E-state index contributed by atoms with van der Waals surface area (Å²) in [7, 11) is 1.26. The molecular weight excluding hydrogens is 440 g/mol. The monoisotopic (exact) mass is 478 g/mol. The van der Waals surface area contributed by atoms with E-state index < -0.39 is 17.5 Å². The number of hydrogen-bond acceptors (Lipinski definition) is 7. The van der Waals surface area contributed by atoms with Crippen LogP contribution in [0, 0.1) is 0 Å². The lowest BCUT2D eigenvalue weighted by molar-refractivity contribution is -0.139. The molecule has 0 fully saturated rings. The average molecular weight is 479 g/mol. The van der Waals surface area contributed by atoms with Crippen LogP contribution in [0.15, 0.2) is 70.5 Å². The molecule has 0 aromatic heterocycles.